The summed E-state index contributed by atoms with van der Waals surface area (Å²) in [6.45, 7) is 4.71. The number of hydrogen-bond acceptors (Lipinski definition) is 8. The van der Waals surface area contributed by atoms with Crippen LogP contribution < -0.4 is 0 Å². The van der Waals surface area contributed by atoms with Gasteiger partial charge in [0.1, 0.15) is 25.9 Å². The zero-order valence-corrected chi connectivity index (χ0v) is 14.1. The molecule has 0 radical (unpaired) electrons. The number of fused-ring (bicyclic) bond motifs is 1. The lowest BCUT2D eigenvalue weighted by molar-refractivity contribution is -0.158. The average molecular weight is 360 g/mol. The highest BCUT2D eigenvalue weighted by Gasteiger charge is 2.71. The van der Waals surface area contributed by atoms with Gasteiger partial charge in [0, 0.05) is 11.5 Å². The van der Waals surface area contributed by atoms with Gasteiger partial charge in [-0.2, -0.15) is 8.42 Å². The van der Waals surface area contributed by atoms with E-state index in [9.17, 15) is 18.0 Å². The summed E-state index contributed by atoms with van der Waals surface area (Å²) < 4.78 is 44.4. The normalized spacial score (nSPS) is 38.0. The minimum Gasteiger partial charge on any atom is -0.460 e. The smallest absolute Gasteiger partial charge is 0.332 e. The van der Waals surface area contributed by atoms with Crippen molar-refractivity contribution in [3.63, 3.8) is 0 Å². The highest BCUT2D eigenvalue weighted by atomic mass is 32.2. The van der Waals surface area contributed by atoms with Crippen LogP contribution in [0.15, 0.2) is 12.7 Å². The molecule has 5 atom stereocenters. The zero-order valence-electron chi connectivity index (χ0n) is 13.3. The molecule has 2 bridgehead atoms. The Morgan fingerprint density at radius 1 is 1.33 bits per heavy atom. The van der Waals surface area contributed by atoms with Crippen molar-refractivity contribution in [1.29, 1.82) is 0 Å². The molecule has 3 fully saturated rings. The molecule has 3 rings (SSSR count). The second kappa shape index (κ2) is 6.12. The summed E-state index contributed by atoms with van der Waals surface area (Å²) in [7, 11) is -3.54. The lowest BCUT2D eigenvalue weighted by Crippen LogP contribution is -2.42. The molecule has 1 saturated heterocycles. The Labute approximate surface area is 140 Å². The third-order valence-corrected chi connectivity index (χ3v) is 7.01. The first kappa shape index (κ1) is 17.4. The van der Waals surface area contributed by atoms with E-state index in [1.807, 2.05) is 6.92 Å². The van der Waals surface area contributed by atoms with E-state index in [0.29, 0.717) is 6.42 Å². The summed E-state index contributed by atoms with van der Waals surface area (Å²) in [5, 5.41) is -0.466. The third-order valence-electron chi connectivity index (χ3n) is 5.10. The summed E-state index contributed by atoms with van der Waals surface area (Å²) in [6, 6.07) is 0. The van der Waals surface area contributed by atoms with Crippen molar-refractivity contribution in [2.45, 2.75) is 37.2 Å². The molecule has 0 spiro atoms. The molecule has 134 valence electrons. The van der Waals surface area contributed by atoms with Gasteiger partial charge in [0.2, 0.25) is 0 Å². The van der Waals surface area contributed by atoms with Crippen LogP contribution in [0.5, 0.6) is 0 Å². The van der Waals surface area contributed by atoms with Gasteiger partial charge in [-0.15, -0.1) is 0 Å². The summed E-state index contributed by atoms with van der Waals surface area (Å²) >= 11 is 0. The van der Waals surface area contributed by atoms with E-state index in [4.69, 9.17) is 13.7 Å². The van der Waals surface area contributed by atoms with Crippen molar-refractivity contribution in [2.24, 2.45) is 11.3 Å². The average Bonchev–Trinajstić information content (AvgIpc) is 3.03. The van der Waals surface area contributed by atoms with Gasteiger partial charge in [-0.25, -0.2) is 9.59 Å². The second-order valence-electron chi connectivity index (χ2n) is 6.57. The highest BCUT2D eigenvalue weighted by molar-refractivity contribution is 7.87. The number of carbonyl (C=O) groups excluding carboxylic acids is 2. The third kappa shape index (κ3) is 2.84. The Morgan fingerprint density at radius 3 is 2.75 bits per heavy atom. The van der Waals surface area contributed by atoms with E-state index in [0.717, 1.165) is 12.5 Å². The standard InChI is InChI=1S/C15H20O8S/c1-3-11(16)20-4-5-21-12(17)8-22-13-9-6-10-15(2,7-9)14(13)23-24(10,18)19/h3,9-10,13-14H,1,4-8H2,2H3. The molecular weight excluding hydrogens is 340 g/mol. The molecule has 1 aliphatic heterocycles. The van der Waals surface area contributed by atoms with Crippen LogP contribution in [0.3, 0.4) is 0 Å². The quantitative estimate of drug-likeness (QED) is 0.274. The molecule has 24 heavy (non-hydrogen) atoms. The van der Waals surface area contributed by atoms with E-state index in [1.54, 1.807) is 0 Å². The Balaban J connectivity index is 1.46. The van der Waals surface area contributed by atoms with Gasteiger partial charge in [0.25, 0.3) is 10.1 Å². The van der Waals surface area contributed by atoms with Crippen LogP contribution >= 0.6 is 0 Å². The molecule has 0 aromatic heterocycles. The van der Waals surface area contributed by atoms with Crippen molar-refractivity contribution >= 4 is 22.1 Å². The Kier molecular flexibility index (Phi) is 4.43. The number of ether oxygens (including phenoxy) is 3. The molecule has 0 aromatic rings. The predicted octanol–water partition coefficient (Wildman–Crippen LogP) is 0.171. The summed E-state index contributed by atoms with van der Waals surface area (Å²) in [6.07, 6.45) is 1.29. The van der Waals surface area contributed by atoms with Gasteiger partial charge in [-0.3, -0.25) is 4.18 Å². The van der Waals surface area contributed by atoms with Gasteiger partial charge in [-0.1, -0.05) is 13.5 Å². The largest absolute Gasteiger partial charge is 0.460 e. The van der Waals surface area contributed by atoms with E-state index >= 15 is 0 Å². The Bertz CT molecular complexity index is 656. The number of esters is 2. The second-order valence-corrected chi connectivity index (χ2v) is 8.32. The van der Waals surface area contributed by atoms with Crippen molar-refractivity contribution < 1.29 is 36.4 Å². The van der Waals surface area contributed by atoms with E-state index < -0.39 is 44.9 Å². The van der Waals surface area contributed by atoms with Gasteiger partial charge in [0.05, 0.1) is 11.4 Å². The molecular formula is C15H20O8S. The molecule has 1 heterocycles. The highest BCUT2D eigenvalue weighted by Crippen LogP contribution is 2.62. The molecule has 0 aromatic carbocycles. The number of hydrogen-bond donors (Lipinski definition) is 0. The Morgan fingerprint density at radius 2 is 2.04 bits per heavy atom. The maximum absolute atomic E-state index is 12.0. The fraction of sp³-hybridized carbons (Fsp3) is 0.733. The maximum Gasteiger partial charge on any atom is 0.332 e. The molecule has 5 unspecified atom stereocenters. The fourth-order valence-corrected chi connectivity index (χ4v) is 6.23. The number of rotatable bonds is 7. The lowest BCUT2D eigenvalue weighted by Gasteiger charge is -2.30. The lowest BCUT2D eigenvalue weighted by atomic mass is 9.82. The fourth-order valence-electron chi connectivity index (χ4n) is 4.11. The first-order chi connectivity index (χ1) is 11.3. The maximum atomic E-state index is 12.0. The van der Waals surface area contributed by atoms with Gasteiger partial charge in [0.15, 0.2) is 0 Å². The predicted molar refractivity (Wildman–Crippen MR) is 80.3 cm³/mol. The molecule has 2 aliphatic carbocycles. The summed E-state index contributed by atoms with van der Waals surface area (Å²) in [4.78, 5) is 22.5. The van der Waals surface area contributed by atoms with Crippen molar-refractivity contribution in [2.75, 3.05) is 19.8 Å². The monoisotopic (exact) mass is 360 g/mol. The molecule has 8 nitrogen and oxygen atoms in total. The van der Waals surface area contributed by atoms with Crippen molar-refractivity contribution in [3.8, 4) is 0 Å². The van der Waals surface area contributed by atoms with Crippen molar-refractivity contribution in [1.82, 2.24) is 0 Å². The van der Waals surface area contributed by atoms with Crippen LogP contribution in [0.2, 0.25) is 0 Å². The molecule has 9 heteroatoms. The Hall–Kier alpha value is -1.45. The minimum absolute atomic E-state index is 0.0631. The van der Waals surface area contributed by atoms with Gasteiger partial charge in [-0.05, 0) is 18.8 Å². The number of carbonyl (C=O) groups is 2. The van der Waals surface area contributed by atoms with Gasteiger partial charge < -0.3 is 14.2 Å². The SMILES string of the molecule is C=CC(=O)OCCOC(=O)COC1C2CC3C(C)(C2)C1OS3(=O)=O. The van der Waals surface area contributed by atoms with E-state index in [1.165, 1.54) is 0 Å². The van der Waals surface area contributed by atoms with Crippen LogP contribution in [0.25, 0.3) is 0 Å². The van der Waals surface area contributed by atoms with Crippen LogP contribution in [0.1, 0.15) is 19.8 Å². The summed E-state index contributed by atoms with van der Waals surface area (Å²) in [5.41, 5.74) is -0.434. The zero-order chi connectivity index (χ0) is 17.5. The van der Waals surface area contributed by atoms with Crippen LogP contribution in [0.4, 0.5) is 0 Å². The first-order valence-corrected chi connectivity index (χ1v) is 9.23. The van der Waals surface area contributed by atoms with Crippen LogP contribution in [0, 0.1) is 11.3 Å². The molecule has 3 aliphatic rings. The minimum atomic E-state index is -3.54. The summed E-state index contributed by atoms with van der Waals surface area (Å²) in [5.74, 6) is -1.12. The van der Waals surface area contributed by atoms with Crippen LogP contribution in [-0.2, 0) is 38.1 Å². The van der Waals surface area contributed by atoms with Crippen molar-refractivity contribution in [3.05, 3.63) is 12.7 Å². The van der Waals surface area contributed by atoms with Crippen LogP contribution in [-0.4, -0.2) is 57.6 Å². The molecule has 0 amide bonds. The van der Waals surface area contributed by atoms with Gasteiger partial charge >= 0.3 is 11.9 Å². The van der Waals surface area contributed by atoms with E-state index in [2.05, 4.69) is 11.3 Å². The van der Waals surface area contributed by atoms with E-state index in [-0.39, 0.29) is 25.7 Å². The molecule has 0 N–H and O–H groups in total. The molecule has 2 saturated carbocycles. The topological polar surface area (TPSA) is 105 Å². The first-order valence-electron chi connectivity index (χ1n) is 7.76.